The molecule has 1 amide bonds. The lowest BCUT2D eigenvalue weighted by Gasteiger charge is -2.34. The Morgan fingerprint density at radius 2 is 1.90 bits per heavy atom. The van der Waals surface area contributed by atoms with Gasteiger partial charge in [0.15, 0.2) is 0 Å². The zero-order valence-electron chi connectivity index (χ0n) is 12.4. The van der Waals surface area contributed by atoms with Gasteiger partial charge in [-0.15, -0.1) is 0 Å². The van der Waals surface area contributed by atoms with Crippen LogP contribution in [0.25, 0.3) is 0 Å². The molecule has 1 aromatic rings. The summed E-state index contributed by atoms with van der Waals surface area (Å²) in [4.78, 5) is 25.9. The second-order valence-electron chi connectivity index (χ2n) is 5.53. The number of hydrogen-bond acceptors (Lipinski definition) is 4. The number of carbonyl (C=O) groups excluding carboxylic acids is 1. The van der Waals surface area contributed by atoms with Gasteiger partial charge in [0.05, 0.1) is 0 Å². The summed E-state index contributed by atoms with van der Waals surface area (Å²) in [5.41, 5.74) is 0.137. The van der Waals surface area contributed by atoms with Crippen LogP contribution in [0.4, 0.5) is 0 Å². The molecule has 2 atom stereocenters. The lowest BCUT2D eigenvalue weighted by molar-refractivity contribution is -0.132. The van der Waals surface area contributed by atoms with Gasteiger partial charge in [0.1, 0.15) is 12.3 Å². The first-order valence-electron chi connectivity index (χ1n) is 6.87. The van der Waals surface area contributed by atoms with Crippen molar-refractivity contribution < 1.29 is 14.1 Å². The largest absolute Gasteiger partial charge is 0.508 e. The van der Waals surface area contributed by atoms with E-state index < -0.39 is 16.4 Å². The fourth-order valence-corrected chi connectivity index (χ4v) is 4.04. The van der Waals surface area contributed by atoms with Gasteiger partial charge in [0, 0.05) is 46.1 Å². The fourth-order valence-electron chi connectivity index (χ4n) is 2.59. The number of pyridine rings is 1. The molecule has 21 heavy (non-hydrogen) atoms. The predicted octanol–water partition coefficient (Wildman–Crippen LogP) is 0.230. The maximum absolute atomic E-state index is 12.4. The van der Waals surface area contributed by atoms with Crippen molar-refractivity contribution in [3.05, 3.63) is 28.2 Å². The first-order chi connectivity index (χ1) is 9.79. The molecular weight excluding hydrogens is 292 g/mol. The second-order valence-corrected chi connectivity index (χ2v) is 7.79. The highest BCUT2D eigenvalue weighted by Gasteiger charge is 2.31. The minimum Gasteiger partial charge on any atom is -0.508 e. The summed E-state index contributed by atoms with van der Waals surface area (Å²) < 4.78 is 13.2. The van der Waals surface area contributed by atoms with E-state index in [2.05, 4.69) is 0 Å². The van der Waals surface area contributed by atoms with E-state index in [4.69, 9.17) is 0 Å². The number of hydrogen-bond donors (Lipinski definition) is 1. The van der Waals surface area contributed by atoms with Gasteiger partial charge in [-0.25, -0.2) is 0 Å². The summed E-state index contributed by atoms with van der Waals surface area (Å²) in [7, 11) is -0.921. The molecule has 0 radical (unpaired) electrons. The van der Waals surface area contributed by atoms with Crippen LogP contribution in [-0.2, 0) is 22.1 Å². The number of aromatic nitrogens is 1. The Hall–Kier alpha value is -1.63. The molecule has 1 aromatic heterocycles. The van der Waals surface area contributed by atoms with Gasteiger partial charge in [0.2, 0.25) is 5.91 Å². The van der Waals surface area contributed by atoms with Crippen LogP contribution in [0.2, 0.25) is 0 Å². The number of aryl methyl sites for hydroxylation is 1. The van der Waals surface area contributed by atoms with Crippen LogP contribution in [0.3, 0.4) is 0 Å². The SMILES string of the molecule is Cc1cc(O)cc(=O)n1CC(=O)N1CC(C)S(=O)C(C)C1. The van der Waals surface area contributed by atoms with Crippen molar-refractivity contribution in [3.63, 3.8) is 0 Å². The van der Waals surface area contributed by atoms with Crippen molar-refractivity contribution in [2.24, 2.45) is 0 Å². The van der Waals surface area contributed by atoms with Gasteiger partial charge in [-0.05, 0) is 26.8 Å². The standard InChI is InChI=1S/C14H20N2O4S/c1-9-4-12(17)5-13(18)16(9)8-14(19)15-6-10(2)21(20)11(3)7-15/h4-5,10-11,17H,6-8H2,1-3H3. The average molecular weight is 312 g/mol. The predicted molar refractivity (Wildman–Crippen MR) is 80.8 cm³/mol. The van der Waals surface area contributed by atoms with E-state index in [1.165, 1.54) is 10.6 Å². The molecule has 0 saturated carbocycles. The lowest BCUT2D eigenvalue weighted by Crippen LogP contribution is -2.51. The molecule has 1 saturated heterocycles. The van der Waals surface area contributed by atoms with Crippen molar-refractivity contribution in [2.45, 2.75) is 37.8 Å². The minimum absolute atomic E-state index is 0.0585. The Balaban J connectivity index is 2.16. The van der Waals surface area contributed by atoms with Gasteiger partial charge in [-0.3, -0.25) is 13.8 Å². The maximum atomic E-state index is 12.4. The summed E-state index contributed by atoms with van der Waals surface area (Å²) in [6.45, 7) is 6.24. The van der Waals surface area contributed by atoms with E-state index in [1.807, 2.05) is 13.8 Å². The summed E-state index contributed by atoms with van der Waals surface area (Å²) in [6.07, 6.45) is 0. The van der Waals surface area contributed by atoms with Gasteiger partial charge < -0.3 is 14.6 Å². The van der Waals surface area contributed by atoms with Crippen molar-refractivity contribution in [1.29, 1.82) is 0 Å². The van der Waals surface area contributed by atoms with Crippen LogP contribution >= 0.6 is 0 Å². The summed E-state index contributed by atoms with van der Waals surface area (Å²) in [6, 6.07) is 2.54. The zero-order chi connectivity index (χ0) is 15.7. The second kappa shape index (κ2) is 6.01. The normalized spacial score (nSPS) is 25.9. The molecule has 1 aliphatic rings. The Morgan fingerprint density at radius 1 is 1.33 bits per heavy atom. The molecular formula is C14H20N2O4S. The number of nitrogens with zero attached hydrogens (tertiary/aromatic N) is 2. The maximum Gasteiger partial charge on any atom is 0.254 e. The molecule has 0 bridgehead atoms. The molecule has 1 fully saturated rings. The van der Waals surface area contributed by atoms with E-state index in [-0.39, 0.29) is 28.7 Å². The third-order valence-corrected chi connectivity index (χ3v) is 5.60. The molecule has 116 valence electrons. The van der Waals surface area contributed by atoms with Crippen molar-refractivity contribution in [2.75, 3.05) is 13.1 Å². The van der Waals surface area contributed by atoms with Gasteiger partial charge in [-0.1, -0.05) is 0 Å². The van der Waals surface area contributed by atoms with Crippen molar-refractivity contribution in [1.82, 2.24) is 9.47 Å². The zero-order valence-corrected chi connectivity index (χ0v) is 13.2. The van der Waals surface area contributed by atoms with E-state index in [1.54, 1.807) is 11.8 Å². The first kappa shape index (κ1) is 15.8. The molecule has 0 spiro atoms. The molecule has 7 heteroatoms. The quantitative estimate of drug-likeness (QED) is 0.848. The number of carbonyl (C=O) groups is 1. The molecule has 2 unspecified atom stereocenters. The molecule has 1 aliphatic heterocycles. The smallest absolute Gasteiger partial charge is 0.254 e. The Labute approximate surface area is 125 Å². The van der Waals surface area contributed by atoms with Crippen LogP contribution in [-0.4, -0.2) is 48.3 Å². The van der Waals surface area contributed by atoms with Gasteiger partial charge in [0.25, 0.3) is 5.56 Å². The van der Waals surface area contributed by atoms with Gasteiger partial charge in [-0.2, -0.15) is 0 Å². The monoisotopic (exact) mass is 312 g/mol. The van der Waals surface area contributed by atoms with Crippen molar-refractivity contribution in [3.8, 4) is 5.75 Å². The minimum atomic E-state index is -0.921. The molecule has 0 aliphatic carbocycles. The fraction of sp³-hybridized carbons (Fsp3) is 0.571. The van der Waals surface area contributed by atoms with Gasteiger partial charge >= 0.3 is 0 Å². The van der Waals surface area contributed by atoms with Crippen LogP contribution in [0.1, 0.15) is 19.5 Å². The topological polar surface area (TPSA) is 79.6 Å². The lowest BCUT2D eigenvalue weighted by atomic mass is 10.3. The van der Waals surface area contributed by atoms with Crippen LogP contribution < -0.4 is 5.56 Å². The molecule has 2 rings (SSSR count). The molecule has 6 nitrogen and oxygen atoms in total. The van der Waals surface area contributed by atoms with Crippen molar-refractivity contribution >= 4 is 16.7 Å². The summed E-state index contributed by atoms with van der Waals surface area (Å²) in [5, 5.41) is 9.24. The average Bonchev–Trinajstić information content (AvgIpc) is 2.39. The Morgan fingerprint density at radius 3 is 2.43 bits per heavy atom. The highest BCUT2D eigenvalue weighted by atomic mass is 32.2. The number of amides is 1. The number of aromatic hydroxyl groups is 1. The van der Waals surface area contributed by atoms with Crippen LogP contribution in [0.5, 0.6) is 5.75 Å². The Bertz CT molecular complexity index is 626. The summed E-state index contributed by atoms with van der Waals surface area (Å²) in [5.74, 6) is -0.266. The third-order valence-electron chi connectivity index (χ3n) is 3.71. The van der Waals surface area contributed by atoms with E-state index >= 15 is 0 Å². The molecule has 2 heterocycles. The number of rotatable bonds is 2. The third kappa shape index (κ3) is 3.34. The van der Waals surface area contributed by atoms with Crippen LogP contribution in [0, 0.1) is 6.92 Å². The van der Waals surface area contributed by atoms with E-state index in [0.717, 1.165) is 6.07 Å². The highest BCUT2D eigenvalue weighted by molar-refractivity contribution is 7.86. The van der Waals surface area contributed by atoms with E-state index in [9.17, 15) is 18.9 Å². The summed E-state index contributed by atoms with van der Waals surface area (Å²) >= 11 is 0. The molecule has 0 aromatic carbocycles. The highest BCUT2D eigenvalue weighted by Crippen LogP contribution is 2.15. The van der Waals surface area contributed by atoms with Crippen LogP contribution in [0.15, 0.2) is 16.9 Å². The first-order valence-corrected chi connectivity index (χ1v) is 8.15. The van der Waals surface area contributed by atoms with E-state index in [0.29, 0.717) is 18.8 Å². The Kier molecular flexibility index (Phi) is 4.51. The molecule has 1 N–H and O–H groups in total.